The molecule has 4 rings (SSSR count). The lowest BCUT2D eigenvalue weighted by molar-refractivity contribution is -0.147. The summed E-state index contributed by atoms with van der Waals surface area (Å²) >= 11 is 2.64. The number of aromatic nitrogens is 3. The van der Waals surface area contributed by atoms with Crippen LogP contribution < -0.4 is 10.6 Å². The molecule has 0 radical (unpaired) electrons. The number of amides is 3. The lowest BCUT2D eigenvalue weighted by Gasteiger charge is -2.33. The van der Waals surface area contributed by atoms with Gasteiger partial charge in [0.2, 0.25) is 11.8 Å². The Labute approximate surface area is 242 Å². The SMILES string of the molecule is Cc1ccccc1CNC(=O)C1N(C(=O)C(O)C(Cc2ccccc2)NC(=O)CSc2ncn[nH]2)CSC1(C)C. The van der Waals surface area contributed by atoms with Crippen molar-refractivity contribution in [1.82, 2.24) is 30.7 Å². The Morgan fingerprint density at radius 1 is 1.18 bits per heavy atom. The largest absolute Gasteiger partial charge is 0.381 e. The van der Waals surface area contributed by atoms with Crippen LogP contribution in [0.15, 0.2) is 66.1 Å². The van der Waals surface area contributed by atoms with E-state index in [1.807, 2.05) is 75.4 Å². The molecule has 3 aromatic rings. The second kappa shape index (κ2) is 13.3. The van der Waals surface area contributed by atoms with Gasteiger partial charge in [0.15, 0.2) is 11.3 Å². The average Bonchev–Trinajstić information content (AvgIpc) is 3.58. The highest BCUT2D eigenvalue weighted by Gasteiger charge is 2.49. The van der Waals surface area contributed by atoms with Crippen molar-refractivity contribution in [2.45, 2.75) is 61.8 Å². The van der Waals surface area contributed by atoms with Crippen LogP contribution >= 0.6 is 23.5 Å². The molecule has 4 N–H and O–H groups in total. The third-order valence-corrected chi connectivity index (χ3v) is 9.05. The summed E-state index contributed by atoms with van der Waals surface area (Å²) in [6.07, 6.45) is 0.0333. The van der Waals surface area contributed by atoms with Crippen LogP contribution in [0.3, 0.4) is 0 Å². The highest BCUT2D eigenvalue weighted by atomic mass is 32.2. The summed E-state index contributed by atoms with van der Waals surface area (Å²) < 4.78 is -0.572. The second-order valence-electron chi connectivity index (χ2n) is 10.1. The number of rotatable bonds is 11. The number of carbonyl (C=O) groups is 3. The first-order chi connectivity index (χ1) is 19.2. The van der Waals surface area contributed by atoms with Crippen molar-refractivity contribution in [3.05, 3.63) is 77.6 Å². The van der Waals surface area contributed by atoms with Crippen LogP contribution in [0.2, 0.25) is 0 Å². The van der Waals surface area contributed by atoms with Gasteiger partial charge in [-0.2, -0.15) is 5.10 Å². The zero-order chi connectivity index (χ0) is 28.7. The number of aromatic amines is 1. The number of hydrogen-bond donors (Lipinski definition) is 4. The van der Waals surface area contributed by atoms with Gasteiger partial charge in [0.1, 0.15) is 12.4 Å². The summed E-state index contributed by atoms with van der Waals surface area (Å²) in [5, 5.41) is 24.1. The number of aryl methyl sites for hydroxylation is 1. The maximum Gasteiger partial charge on any atom is 0.254 e. The Balaban J connectivity index is 1.48. The number of aliphatic hydroxyl groups is 1. The van der Waals surface area contributed by atoms with Gasteiger partial charge in [-0.3, -0.25) is 19.5 Å². The molecule has 40 heavy (non-hydrogen) atoms. The smallest absolute Gasteiger partial charge is 0.254 e. The molecule has 3 unspecified atom stereocenters. The molecule has 2 aromatic carbocycles. The fourth-order valence-corrected chi connectivity index (χ4v) is 6.33. The number of thioether (sulfide) groups is 2. The number of nitrogens with zero attached hydrogens (tertiary/aromatic N) is 3. The Bertz CT molecular complexity index is 1310. The van der Waals surface area contributed by atoms with Gasteiger partial charge in [0.05, 0.1) is 17.7 Å². The molecule has 1 aromatic heterocycles. The average molecular weight is 583 g/mol. The van der Waals surface area contributed by atoms with Crippen molar-refractivity contribution in [3.63, 3.8) is 0 Å². The molecular weight excluding hydrogens is 548 g/mol. The number of H-pyrrole nitrogens is 1. The van der Waals surface area contributed by atoms with Gasteiger partial charge >= 0.3 is 0 Å². The molecule has 2 heterocycles. The maximum absolute atomic E-state index is 13.7. The van der Waals surface area contributed by atoms with Crippen LogP contribution in [0.5, 0.6) is 0 Å². The van der Waals surface area contributed by atoms with Crippen molar-refractivity contribution < 1.29 is 19.5 Å². The summed E-state index contributed by atoms with van der Waals surface area (Å²) in [4.78, 5) is 45.4. The summed E-state index contributed by atoms with van der Waals surface area (Å²) in [5.74, 6) is -0.974. The Hall–Kier alpha value is -3.35. The first-order valence-corrected chi connectivity index (χ1v) is 14.9. The lowest BCUT2D eigenvalue weighted by Crippen LogP contribution is -2.58. The highest BCUT2D eigenvalue weighted by molar-refractivity contribution is 8.01. The molecular formula is C28H34N6O4S2. The molecule has 1 aliphatic rings. The zero-order valence-corrected chi connectivity index (χ0v) is 24.3. The van der Waals surface area contributed by atoms with Crippen LogP contribution in [-0.2, 0) is 27.3 Å². The summed E-state index contributed by atoms with van der Waals surface area (Å²) in [5.41, 5.74) is 2.91. The van der Waals surface area contributed by atoms with E-state index in [0.29, 0.717) is 11.7 Å². The van der Waals surface area contributed by atoms with E-state index in [4.69, 9.17) is 0 Å². The monoisotopic (exact) mass is 582 g/mol. The van der Waals surface area contributed by atoms with Crippen molar-refractivity contribution in [3.8, 4) is 0 Å². The number of nitrogens with one attached hydrogen (secondary N) is 3. The third-order valence-electron chi connectivity index (χ3n) is 6.80. The molecule has 12 heteroatoms. The van der Waals surface area contributed by atoms with E-state index < -0.39 is 28.8 Å². The molecule has 10 nitrogen and oxygen atoms in total. The lowest BCUT2D eigenvalue weighted by atomic mass is 9.97. The predicted molar refractivity (Wildman–Crippen MR) is 155 cm³/mol. The van der Waals surface area contributed by atoms with Crippen LogP contribution in [0.25, 0.3) is 0 Å². The molecule has 3 atom stereocenters. The molecule has 0 saturated carbocycles. The summed E-state index contributed by atoms with van der Waals surface area (Å²) in [6.45, 7) is 6.15. The molecule has 1 aliphatic heterocycles. The van der Waals surface area contributed by atoms with E-state index in [2.05, 4.69) is 25.8 Å². The summed E-state index contributed by atoms with van der Waals surface area (Å²) in [6, 6.07) is 15.4. The highest BCUT2D eigenvalue weighted by Crippen LogP contribution is 2.40. The summed E-state index contributed by atoms with van der Waals surface area (Å²) in [7, 11) is 0. The number of benzene rings is 2. The molecule has 1 fully saturated rings. The second-order valence-corrected chi connectivity index (χ2v) is 12.7. The van der Waals surface area contributed by atoms with E-state index in [0.717, 1.165) is 28.5 Å². The van der Waals surface area contributed by atoms with E-state index in [9.17, 15) is 19.5 Å². The standard InChI is InChI=1S/C28H34N6O4S2/c1-18-9-7-8-12-20(18)14-29-25(37)24-28(2,3)40-17-34(24)26(38)23(36)21(13-19-10-5-4-6-11-19)32-22(35)15-39-27-30-16-31-33-27/h4-12,16,21,23-24,36H,13-15,17H2,1-3H3,(H,29,37)(H,32,35)(H,30,31,33). The number of hydrogen-bond acceptors (Lipinski definition) is 8. The topological polar surface area (TPSA) is 140 Å². The minimum Gasteiger partial charge on any atom is -0.381 e. The fourth-order valence-electron chi connectivity index (χ4n) is 4.60. The van der Waals surface area contributed by atoms with Crippen molar-refractivity contribution in [1.29, 1.82) is 0 Å². The van der Waals surface area contributed by atoms with Crippen molar-refractivity contribution >= 4 is 41.2 Å². The van der Waals surface area contributed by atoms with Crippen molar-refractivity contribution in [2.24, 2.45) is 0 Å². The van der Waals surface area contributed by atoms with E-state index in [-0.39, 0.29) is 29.9 Å². The van der Waals surface area contributed by atoms with Gasteiger partial charge in [-0.15, -0.1) is 11.8 Å². The zero-order valence-electron chi connectivity index (χ0n) is 22.7. The first kappa shape index (κ1) is 29.6. The van der Waals surface area contributed by atoms with Crippen LogP contribution in [0.1, 0.15) is 30.5 Å². The van der Waals surface area contributed by atoms with E-state index in [1.54, 1.807) is 0 Å². The minimum atomic E-state index is -1.55. The molecule has 0 bridgehead atoms. The van der Waals surface area contributed by atoms with Gasteiger partial charge in [-0.1, -0.05) is 66.4 Å². The van der Waals surface area contributed by atoms with Gasteiger partial charge in [0.25, 0.3) is 5.91 Å². The number of aliphatic hydroxyl groups excluding tert-OH is 1. The van der Waals surface area contributed by atoms with Gasteiger partial charge in [0, 0.05) is 11.3 Å². The molecule has 1 saturated heterocycles. The Kier molecular flexibility index (Phi) is 9.88. The normalized spacial score (nSPS) is 17.7. The van der Waals surface area contributed by atoms with E-state index in [1.165, 1.54) is 23.0 Å². The fraction of sp³-hybridized carbons (Fsp3) is 0.393. The van der Waals surface area contributed by atoms with Crippen molar-refractivity contribution in [2.75, 3.05) is 11.6 Å². The van der Waals surface area contributed by atoms with Gasteiger partial charge in [-0.25, -0.2) is 4.98 Å². The van der Waals surface area contributed by atoms with Crippen LogP contribution in [-0.4, -0.2) is 77.5 Å². The number of carbonyl (C=O) groups excluding carboxylic acids is 3. The minimum absolute atomic E-state index is 0.0257. The molecule has 0 spiro atoms. The molecule has 212 valence electrons. The Morgan fingerprint density at radius 3 is 2.60 bits per heavy atom. The quantitative estimate of drug-likeness (QED) is 0.253. The van der Waals surface area contributed by atoms with Crippen LogP contribution in [0, 0.1) is 6.92 Å². The van der Waals surface area contributed by atoms with Gasteiger partial charge < -0.3 is 20.6 Å². The predicted octanol–water partition coefficient (Wildman–Crippen LogP) is 2.29. The maximum atomic E-state index is 13.7. The molecule has 0 aliphatic carbocycles. The molecule has 3 amide bonds. The van der Waals surface area contributed by atoms with Crippen LogP contribution in [0.4, 0.5) is 0 Å². The van der Waals surface area contributed by atoms with E-state index >= 15 is 0 Å². The van der Waals surface area contributed by atoms with Gasteiger partial charge in [-0.05, 0) is 43.9 Å². The first-order valence-electron chi connectivity index (χ1n) is 12.9. The Morgan fingerprint density at radius 2 is 1.90 bits per heavy atom. The third kappa shape index (κ3) is 7.43.